The highest BCUT2D eigenvalue weighted by Gasteiger charge is 2.27. The second-order valence-corrected chi connectivity index (χ2v) is 8.47. The Morgan fingerprint density at radius 1 is 1.07 bits per heavy atom. The Morgan fingerprint density at radius 2 is 1.80 bits per heavy atom. The Morgan fingerprint density at radius 3 is 2.50 bits per heavy atom. The number of aromatic nitrogens is 2. The summed E-state index contributed by atoms with van der Waals surface area (Å²) in [6.07, 6.45) is 3.62. The van der Waals surface area contributed by atoms with Crippen LogP contribution in [0.1, 0.15) is 51.5 Å². The average Bonchev–Trinajstić information content (AvgIpc) is 3.19. The summed E-state index contributed by atoms with van der Waals surface area (Å²) in [5.41, 5.74) is 6.62. The maximum atomic E-state index is 13.2. The SMILES string of the molecule is Cc1ccc(NC(=O)c2cnn(-c3ccc(C)c(Cl)c3)c2C2CCNCC2)cc1C. The molecule has 0 radical (unpaired) electrons. The van der Waals surface area contributed by atoms with E-state index in [4.69, 9.17) is 11.6 Å². The van der Waals surface area contributed by atoms with Crippen molar-refractivity contribution < 1.29 is 4.79 Å². The van der Waals surface area contributed by atoms with Gasteiger partial charge in [-0.15, -0.1) is 0 Å². The lowest BCUT2D eigenvalue weighted by atomic mass is 9.91. The van der Waals surface area contributed by atoms with Crippen LogP contribution >= 0.6 is 11.6 Å². The fraction of sp³-hybridized carbons (Fsp3) is 0.333. The fourth-order valence-electron chi connectivity index (χ4n) is 3.96. The molecule has 0 atom stereocenters. The van der Waals surface area contributed by atoms with Crippen molar-refractivity contribution in [3.05, 3.63) is 75.6 Å². The second kappa shape index (κ2) is 8.62. The van der Waals surface area contributed by atoms with Gasteiger partial charge in [0.05, 0.1) is 23.1 Å². The molecule has 156 valence electrons. The zero-order valence-electron chi connectivity index (χ0n) is 17.6. The maximum absolute atomic E-state index is 13.2. The highest BCUT2D eigenvalue weighted by atomic mass is 35.5. The van der Waals surface area contributed by atoms with Crippen LogP contribution in [0.4, 0.5) is 5.69 Å². The zero-order valence-corrected chi connectivity index (χ0v) is 18.4. The predicted molar refractivity (Wildman–Crippen MR) is 122 cm³/mol. The summed E-state index contributed by atoms with van der Waals surface area (Å²) < 4.78 is 1.89. The second-order valence-electron chi connectivity index (χ2n) is 8.07. The quantitative estimate of drug-likeness (QED) is 0.609. The lowest BCUT2D eigenvalue weighted by Crippen LogP contribution is -2.29. The van der Waals surface area contributed by atoms with Crippen LogP contribution in [-0.4, -0.2) is 28.8 Å². The standard InChI is InChI=1S/C24H27ClN4O/c1-15-4-6-19(12-17(15)3)28-24(30)21-14-27-29(20-7-5-16(2)22(25)13-20)23(21)18-8-10-26-11-9-18/h4-7,12-14,18,26H,8-11H2,1-3H3,(H,28,30). The highest BCUT2D eigenvalue weighted by molar-refractivity contribution is 6.31. The van der Waals surface area contributed by atoms with Gasteiger partial charge in [-0.05, 0) is 87.7 Å². The molecule has 5 nitrogen and oxygen atoms in total. The minimum Gasteiger partial charge on any atom is -0.322 e. The molecule has 0 aliphatic carbocycles. The van der Waals surface area contributed by atoms with Gasteiger partial charge in [-0.2, -0.15) is 5.10 Å². The molecular formula is C24H27ClN4O. The number of nitrogens with one attached hydrogen (secondary N) is 2. The summed E-state index contributed by atoms with van der Waals surface area (Å²) in [6, 6.07) is 11.9. The number of halogens is 1. The van der Waals surface area contributed by atoms with Gasteiger partial charge in [-0.25, -0.2) is 4.68 Å². The monoisotopic (exact) mass is 422 g/mol. The molecular weight excluding hydrogens is 396 g/mol. The molecule has 6 heteroatoms. The Kier molecular flexibility index (Phi) is 5.93. The van der Waals surface area contributed by atoms with Crippen LogP contribution in [0.5, 0.6) is 0 Å². The normalized spacial score (nSPS) is 14.7. The van der Waals surface area contributed by atoms with Gasteiger partial charge < -0.3 is 10.6 Å². The Labute approximate surface area is 182 Å². The fourth-order valence-corrected chi connectivity index (χ4v) is 4.13. The van der Waals surface area contributed by atoms with Crippen LogP contribution in [0.15, 0.2) is 42.6 Å². The van der Waals surface area contributed by atoms with Crippen LogP contribution in [0.3, 0.4) is 0 Å². The Hall–Kier alpha value is -2.63. The minimum atomic E-state index is -0.128. The van der Waals surface area contributed by atoms with Crippen LogP contribution in [0.2, 0.25) is 5.02 Å². The van der Waals surface area contributed by atoms with Crippen LogP contribution in [0.25, 0.3) is 5.69 Å². The van der Waals surface area contributed by atoms with Crippen molar-refractivity contribution in [1.82, 2.24) is 15.1 Å². The van der Waals surface area contributed by atoms with Crippen molar-refractivity contribution in [1.29, 1.82) is 0 Å². The van der Waals surface area contributed by atoms with Gasteiger partial charge in [0.1, 0.15) is 0 Å². The maximum Gasteiger partial charge on any atom is 0.259 e. The van der Waals surface area contributed by atoms with Crippen molar-refractivity contribution in [3.8, 4) is 5.69 Å². The van der Waals surface area contributed by atoms with Crippen molar-refractivity contribution in [2.45, 2.75) is 39.5 Å². The minimum absolute atomic E-state index is 0.128. The molecule has 4 rings (SSSR count). The smallest absolute Gasteiger partial charge is 0.259 e. The number of rotatable bonds is 4. The first-order valence-electron chi connectivity index (χ1n) is 10.4. The Bertz CT molecular complexity index is 1080. The number of anilines is 1. The molecule has 1 aromatic heterocycles. The zero-order chi connectivity index (χ0) is 21.3. The van der Waals surface area contributed by atoms with Gasteiger partial charge in [0.2, 0.25) is 0 Å². The topological polar surface area (TPSA) is 59.0 Å². The predicted octanol–water partition coefficient (Wildman–Crippen LogP) is 5.17. The third-order valence-electron chi connectivity index (χ3n) is 5.94. The van der Waals surface area contributed by atoms with Crippen LogP contribution in [0, 0.1) is 20.8 Å². The number of hydrogen-bond donors (Lipinski definition) is 2. The number of nitrogens with zero attached hydrogens (tertiary/aromatic N) is 2. The number of hydrogen-bond acceptors (Lipinski definition) is 3. The molecule has 2 heterocycles. The van der Waals surface area contributed by atoms with E-state index >= 15 is 0 Å². The third kappa shape index (κ3) is 4.13. The van der Waals surface area contributed by atoms with E-state index in [0.717, 1.165) is 54.1 Å². The number of piperidine rings is 1. The van der Waals surface area contributed by atoms with E-state index in [9.17, 15) is 4.79 Å². The highest BCUT2D eigenvalue weighted by Crippen LogP contribution is 2.31. The molecule has 1 aliphatic rings. The van der Waals surface area contributed by atoms with Gasteiger partial charge in [0.15, 0.2) is 0 Å². The molecule has 1 aliphatic heterocycles. The largest absolute Gasteiger partial charge is 0.322 e. The molecule has 1 fully saturated rings. The molecule has 1 saturated heterocycles. The van der Waals surface area contributed by atoms with Gasteiger partial charge in [0, 0.05) is 16.6 Å². The van der Waals surface area contributed by atoms with Gasteiger partial charge in [0.25, 0.3) is 5.91 Å². The number of carbonyl (C=O) groups is 1. The van der Waals surface area contributed by atoms with Gasteiger partial charge in [-0.3, -0.25) is 4.79 Å². The van der Waals surface area contributed by atoms with E-state index in [0.29, 0.717) is 10.6 Å². The van der Waals surface area contributed by atoms with Gasteiger partial charge >= 0.3 is 0 Å². The molecule has 2 N–H and O–H groups in total. The average molecular weight is 423 g/mol. The third-order valence-corrected chi connectivity index (χ3v) is 6.35. The summed E-state index contributed by atoms with van der Waals surface area (Å²) in [5.74, 6) is 0.130. The molecule has 2 aromatic carbocycles. The van der Waals surface area contributed by atoms with E-state index in [2.05, 4.69) is 22.7 Å². The van der Waals surface area contributed by atoms with E-state index < -0.39 is 0 Å². The lowest BCUT2D eigenvalue weighted by molar-refractivity contribution is 0.102. The van der Waals surface area contributed by atoms with E-state index in [-0.39, 0.29) is 11.8 Å². The molecule has 3 aromatic rings. The lowest BCUT2D eigenvalue weighted by Gasteiger charge is -2.25. The van der Waals surface area contributed by atoms with Crippen molar-refractivity contribution >= 4 is 23.2 Å². The van der Waals surface area contributed by atoms with Crippen LogP contribution in [-0.2, 0) is 0 Å². The Balaban J connectivity index is 1.73. The van der Waals surface area contributed by atoms with Gasteiger partial charge in [-0.1, -0.05) is 23.7 Å². The molecule has 0 spiro atoms. The molecule has 1 amide bonds. The number of carbonyl (C=O) groups excluding carboxylic acids is 1. The van der Waals surface area contributed by atoms with Crippen molar-refractivity contribution in [2.24, 2.45) is 0 Å². The summed E-state index contributed by atoms with van der Waals surface area (Å²) in [6.45, 7) is 7.95. The molecule has 0 bridgehead atoms. The number of benzene rings is 2. The van der Waals surface area contributed by atoms with E-state index in [1.165, 1.54) is 5.56 Å². The molecule has 30 heavy (non-hydrogen) atoms. The van der Waals surface area contributed by atoms with E-state index in [1.54, 1.807) is 6.20 Å². The summed E-state index contributed by atoms with van der Waals surface area (Å²) >= 11 is 6.38. The van der Waals surface area contributed by atoms with Crippen molar-refractivity contribution in [3.63, 3.8) is 0 Å². The first-order valence-corrected chi connectivity index (χ1v) is 10.8. The summed E-state index contributed by atoms with van der Waals surface area (Å²) in [5, 5.41) is 11.8. The number of amides is 1. The summed E-state index contributed by atoms with van der Waals surface area (Å²) in [7, 11) is 0. The first kappa shape index (κ1) is 20.6. The number of aryl methyl sites for hydroxylation is 3. The molecule has 0 saturated carbocycles. The van der Waals surface area contributed by atoms with Crippen molar-refractivity contribution in [2.75, 3.05) is 18.4 Å². The first-order chi connectivity index (χ1) is 14.4. The van der Waals surface area contributed by atoms with Crippen LogP contribution < -0.4 is 10.6 Å². The molecule has 0 unspecified atom stereocenters. The summed E-state index contributed by atoms with van der Waals surface area (Å²) in [4.78, 5) is 13.2. The van der Waals surface area contributed by atoms with E-state index in [1.807, 2.05) is 54.9 Å².